The lowest BCUT2D eigenvalue weighted by molar-refractivity contribution is -0.143. The molecule has 0 spiro atoms. The first-order valence-corrected chi connectivity index (χ1v) is 9.78. The number of amides is 2. The molecule has 2 heterocycles. The molecule has 2 N–H and O–H groups in total. The summed E-state index contributed by atoms with van der Waals surface area (Å²) >= 11 is 7.34. The zero-order chi connectivity index (χ0) is 19.2. The first-order chi connectivity index (χ1) is 12.9. The van der Waals surface area contributed by atoms with Crippen LogP contribution in [0.25, 0.3) is 0 Å². The van der Waals surface area contributed by atoms with Gasteiger partial charge in [0.05, 0.1) is 11.3 Å². The van der Waals surface area contributed by atoms with E-state index in [1.54, 1.807) is 18.2 Å². The van der Waals surface area contributed by atoms with Gasteiger partial charge in [0.2, 0.25) is 0 Å². The molecule has 4 rings (SSSR count). The average molecular weight is 402 g/mol. The number of carbonyl (C=O) groups is 2. The zero-order valence-corrected chi connectivity index (χ0v) is 16.1. The third kappa shape index (κ3) is 2.95. The van der Waals surface area contributed by atoms with E-state index in [0.29, 0.717) is 27.0 Å². The highest BCUT2D eigenvalue weighted by Gasteiger charge is 2.47. The maximum atomic E-state index is 12.9. The monoisotopic (exact) mass is 401 g/mol. The second-order valence-corrected chi connectivity index (χ2v) is 8.25. The Kier molecular flexibility index (Phi) is 4.33. The molecule has 0 saturated carbocycles. The molecule has 1 aromatic heterocycles. The number of benzene rings is 1. The van der Waals surface area contributed by atoms with Gasteiger partial charge >= 0.3 is 0 Å². The van der Waals surface area contributed by atoms with E-state index < -0.39 is 17.4 Å². The quantitative estimate of drug-likeness (QED) is 0.747. The second kappa shape index (κ2) is 6.55. The van der Waals surface area contributed by atoms with Gasteiger partial charge in [-0.05, 0) is 56.4 Å². The number of anilines is 2. The van der Waals surface area contributed by atoms with Crippen LogP contribution in [0.5, 0.6) is 5.75 Å². The van der Waals surface area contributed by atoms with Crippen LogP contribution in [-0.4, -0.2) is 17.4 Å². The Morgan fingerprint density at radius 1 is 1.41 bits per heavy atom. The largest absolute Gasteiger partial charge is 0.466 e. The molecule has 27 heavy (non-hydrogen) atoms. The summed E-state index contributed by atoms with van der Waals surface area (Å²) in [4.78, 5) is 26.6. The number of aryl methyl sites for hydroxylation is 1. The number of rotatable bonds is 2. The standard InChI is InChI=1S/C19H16ClN3O3S/c1-19(17(24)22-13-8-10(20)6-7-14(13)26-19)18(25)23-16-12(9-21)11-4-2-3-5-15(11)27-16/h6-8H,2-5H2,1H3,(H,22,24)(H,23,25). The zero-order valence-electron chi connectivity index (χ0n) is 14.5. The molecule has 1 aromatic carbocycles. The Balaban J connectivity index is 1.63. The van der Waals surface area contributed by atoms with Crippen LogP contribution in [0.1, 0.15) is 35.8 Å². The van der Waals surface area contributed by atoms with E-state index in [2.05, 4.69) is 16.7 Å². The van der Waals surface area contributed by atoms with E-state index in [-0.39, 0.29) is 0 Å². The van der Waals surface area contributed by atoms with Crippen molar-refractivity contribution in [1.29, 1.82) is 5.26 Å². The first-order valence-electron chi connectivity index (χ1n) is 8.58. The lowest BCUT2D eigenvalue weighted by atomic mass is 9.96. The minimum absolute atomic E-state index is 0.364. The van der Waals surface area contributed by atoms with Crippen molar-refractivity contribution in [3.05, 3.63) is 39.2 Å². The van der Waals surface area contributed by atoms with E-state index in [1.165, 1.54) is 18.3 Å². The van der Waals surface area contributed by atoms with Gasteiger partial charge in [-0.1, -0.05) is 11.6 Å². The van der Waals surface area contributed by atoms with Crippen molar-refractivity contribution in [2.45, 2.75) is 38.2 Å². The lowest BCUT2D eigenvalue weighted by Gasteiger charge is -2.33. The number of carbonyl (C=O) groups excluding carboxylic acids is 2. The van der Waals surface area contributed by atoms with Crippen LogP contribution in [-0.2, 0) is 22.4 Å². The third-order valence-corrected chi connectivity index (χ3v) is 6.32. The maximum absolute atomic E-state index is 12.9. The summed E-state index contributed by atoms with van der Waals surface area (Å²) < 4.78 is 5.74. The van der Waals surface area contributed by atoms with E-state index in [0.717, 1.165) is 36.1 Å². The number of halogens is 1. The molecule has 6 nitrogen and oxygen atoms in total. The molecule has 0 fully saturated rings. The number of hydrogen-bond donors (Lipinski definition) is 2. The smallest absolute Gasteiger partial charge is 0.278 e. The van der Waals surface area contributed by atoms with Crippen molar-refractivity contribution in [1.82, 2.24) is 0 Å². The molecule has 1 unspecified atom stereocenters. The van der Waals surface area contributed by atoms with Crippen molar-refractivity contribution in [3.8, 4) is 11.8 Å². The van der Waals surface area contributed by atoms with Crippen molar-refractivity contribution in [3.63, 3.8) is 0 Å². The Morgan fingerprint density at radius 3 is 2.96 bits per heavy atom. The predicted octanol–water partition coefficient (Wildman–Crippen LogP) is 3.88. The Hall–Kier alpha value is -2.56. The third-order valence-electron chi connectivity index (χ3n) is 4.88. The summed E-state index contributed by atoms with van der Waals surface area (Å²) in [5.74, 6) is -0.840. The van der Waals surface area contributed by atoms with Gasteiger partial charge in [0.15, 0.2) is 0 Å². The van der Waals surface area contributed by atoms with Crippen LogP contribution < -0.4 is 15.4 Å². The van der Waals surface area contributed by atoms with E-state index >= 15 is 0 Å². The maximum Gasteiger partial charge on any atom is 0.278 e. The summed E-state index contributed by atoms with van der Waals surface area (Å²) in [6, 6.07) is 6.99. The van der Waals surface area contributed by atoms with Gasteiger partial charge in [-0.25, -0.2) is 0 Å². The van der Waals surface area contributed by atoms with E-state index in [1.807, 2.05) is 0 Å². The Morgan fingerprint density at radius 2 is 2.19 bits per heavy atom. The number of fused-ring (bicyclic) bond motifs is 2. The van der Waals surface area contributed by atoms with Crippen LogP contribution in [0.4, 0.5) is 10.7 Å². The molecule has 0 bridgehead atoms. The number of nitriles is 1. The van der Waals surface area contributed by atoms with Gasteiger partial charge in [0.1, 0.15) is 16.8 Å². The Bertz CT molecular complexity index is 1010. The van der Waals surface area contributed by atoms with E-state index in [4.69, 9.17) is 16.3 Å². The number of ether oxygens (including phenoxy) is 1. The molecule has 2 amide bonds. The van der Waals surface area contributed by atoms with Crippen molar-refractivity contribution in [2.75, 3.05) is 10.6 Å². The Labute approximate surface area is 165 Å². The highest BCUT2D eigenvalue weighted by atomic mass is 35.5. The van der Waals surface area contributed by atoms with Crippen LogP contribution in [0.15, 0.2) is 18.2 Å². The average Bonchev–Trinajstić information content (AvgIpc) is 3.00. The highest BCUT2D eigenvalue weighted by molar-refractivity contribution is 7.16. The van der Waals surface area contributed by atoms with Crippen molar-refractivity contribution < 1.29 is 14.3 Å². The number of nitrogens with zero attached hydrogens (tertiary/aromatic N) is 1. The summed E-state index contributed by atoms with van der Waals surface area (Å²) in [6.45, 7) is 1.41. The second-order valence-electron chi connectivity index (χ2n) is 6.71. The van der Waals surface area contributed by atoms with Crippen LogP contribution in [0.2, 0.25) is 5.02 Å². The molecule has 0 radical (unpaired) electrons. The van der Waals surface area contributed by atoms with Crippen LogP contribution >= 0.6 is 22.9 Å². The van der Waals surface area contributed by atoms with Crippen molar-refractivity contribution >= 4 is 45.4 Å². The fraction of sp³-hybridized carbons (Fsp3) is 0.316. The lowest BCUT2D eigenvalue weighted by Crippen LogP contribution is -2.56. The van der Waals surface area contributed by atoms with Crippen LogP contribution in [0, 0.1) is 11.3 Å². The predicted molar refractivity (Wildman–Crippen MR) is 103 cm³/mol. The summed E-state index contributed by atoms with van der Waals surface area (Å²) in [7, 11) is 0. The molecule has 2 aromatic rings. The summed E-state index contributed by atoms with van der Waals surface area (Å²) in [5, 5.41) is 15.9. The van der Waals surface area contributed by atoms with Gasteiger partial charge in [-0.15, -0.1) is 11.3 Å². The topological polar surface area (TPSA) is 91.2 Å². The molecular weight excluding hydrogens is 386 g/mol. The minimum atomic E-state index is -1.75. The fourth-order valence-electron chi connectivity index (χ4n) is 3.34. The fourth-order valence-corrected chi connectivity index (χ4v) is 4.75. The summed E-state index contributed by atoms with van der Waals surface area (Å²) in [5.41, 5.74) is 0.179. The normalized spacial score (nSPS) is 20.6. The number of hydrogen-bond acceptors (Lipinski definition) is 5. The summed E-state index contributed by atoms with van der Waals surface area (Å²) in [6.07, 6.45) is 3.86. The van der Waals surface area contributed by atoms with Crippen molar-refractivity contribution in [2.24, 2.45) is 0 Å². The highest BCUT2D eigenvalue weighted by Crippen LogP contribution is 2.39. The molecule has 1 aliphatic heterocycles. The minimum Gasteiger partial charge on any atom is -0.466 e. The van der Waals surface area contributed by atoms with Gasteiger partial charge in [-0.2, -0.15) is 5.26 Å². The van der Waals surface area contributed by atoms with E-state index in [9.17, 15) is 14.9 Å². The molecule has 1 atom stereocenters. The molecule has 138 valence electrons. The molecular formula is C19H16ClN3O3S. The SMILES string of the molecule is CC1(C(=O)Nc2sc3c(c2C#N)CCCC3)Oc2ccc(Cl)cc2NC1=O. The molecule has 2 aliphatic rings. The molecule has 1 aliphatic carbocycles. The van der Waals surface area contributed by atoms with Crippen LogP contribution in [0.3, 0.4) is 0 Å². The van der Waals surface area contributed by atoms with Gasteiger partial charge in [-0.3, -0.25) is 9.59 Å². The van der Waals surface area contributed by atoms with Gasteiger partial charge < -0.3 is 15.4 Å². The first kappa shape index (κ1) is 17.8. The number of thiophene rings is 1. The molecule has 0 saturated heterocycles. The van der Waals surface area contributed by atoms with Gasteiger partial charge in [0.25, 0.3) is 17.4 Å². The number of nitrogens with one attached hydrogen (secondary N) is 2. The molecule has 8 heteroatoms. The van der Waals surface area contributed by atoms with Gasteiger partial charge in [0, 0.05) is 9.90 Å².